The van der Waals surface area contributed by atoms with Crippen LogP contribution in [0.25, 0.3) is 0 Å². The molecule has 0 aromatic heterocycles. The van der Waals surface area contributed by atoms with Crippen LogP contribution in [0.4, 0.5) is 15.3 Å². The molecule has 2 aromatic carbocycles. The van der Waals surface area contributed by atoms with Gasteiger partial charge in [0.15, 0.2) is 12.0 Å². The first-order chi connectivity index (χ1) is 29.4. The molecule has 2 aromatic rings. The number of nitrogens with zero attached hydrogens (tertiary/aromatic N) is 3. The summed E-state index contributed by atoms with van der Waals surface area (Å²) < 4.78 is 18.2. The molecule has 1 unspecified atom stereocenters. The molecule has 62 heavy (non-hydrogen) atoms. The van der Waals surface area contributed by atoms with Crippen LogP contribution in [-0.2, 0) is 32.1 Å². The zero-order valence-electron chi connectivity index (χ0n) is 38.2. The second-order valence-corrected chi connectivity index (χ2v) is 24.5. The molecule has 3 aliphatic heterocycles. The fourth-order valence-corrected chi connectivity index (χ4v) is 15.6. The van der Waals surface area contributed by atoms with E-state index >= 15 is 0 Å². The van der Waals surface area contributed by atoms with Gasteiger partial charge in [0.05, 0.1) is 23.3 Å². The van der Waals surface area contributed by atoms with Crippen molar-refractivity contribution in [3.63, 3.8) is 0 Å². The van der Waals surface area contributed by atoms with Crippen molar-refractivity contribution in [1.82, 2.24) is 15.1 Å². The smallest absolute Gasteiger partial charge is 0.416 e. The summed E-state index contributed by atoms with van der Waals surface area (Å²) in [7, 11) is -2.44. The van der Waals surface area contributed by atoms with Gasteiger partial charge in [-0.25, -0.2) is 14.5 Å². The SMILES string of the molecule is C=CCOC(=O)N1CCC[C@@H]1C(=O)N[C@H](C(=O)Cc1ccc(COC(=O)N2c3cc(O[Si](C(C)C)(C(C)C)C(C)C)c(C)cc3C(=O)N3CC4(CC4)C[C@H]3C2O)cc1)[C@@H](C)CC. The van der Waals surface area contributed by atoms with E-state index in [1.807, 2.05) is 26.8 Å². The predicted octanol–water partition coefficient (Wildman–Crippen LogP) is 8.45. The van der Waals surface area contributed by atoms with E-state index in [1.54, 1.807) is 35.2 Å². The van der Waals surface area contributed by atoms with Crippen molar-refractivity contribution in [3.8, 4) is 5.75 Å². The topological polar surface area (TPSA) is 155 Å². The van der Waals surface area contributed by atoms with Crippen molar-refractivity contribution in [2.75, 3.05) is 24.6 Å². The molecule has 3 heterocycles. The standard InChI is InChI=1S/C48H68N4O9Si/c1-11-22-59-46(57)50-21-13-14-37(50)43(54)49-42(32(9)12-2)40(53)24-34-15-17-35(18-16-34)27-60-47(58)52-38-25-41(61-62(29(3)4,30(5)6)31(7)8)33(10)23-36(38)44(55)51-28-48(19-20-48)26-39(51)45(52)56/h11,15-18,23,25,29-32,37,39,42,45,56H,1,12-14,19-22,24,26-28H2,2-10H3,(H,49,54)/t32-,37+,39-,42-,45?/m0/s1. The molecule has 6 rings (SSSR count). The van der Waals surface area contributed by atoms with Gasteiger partial charge in [-0.1, -0.05) is 98.7 Å². The molecule has 4 aliphatic rings. The Bertz CT molecular complexity index is 1990. The number of likely N-dealkylation sites (tertiary alicyclic amines) is 1. The lowest BCUT2D eigenvalue weighted by atomic mass is 9.91. The number of benzene rings is 2. The van der Waals surface area contributed by atoms with E-state index in [4.69, 9.17) is 13.9 Å². The van der Waals surface area contributed by atoms with Gasteiger partial charge in [0, 0.05) is 25.6 Å². The lowest BCUT2D eigenvalue weighted by Gasteiger charge is -2.42. The molecule has 5 atom stereocenters. The number of Topliss-reactive ketones (excluding diaryl/α,β-unsaturated/α-hetero) is 1. The minimum atomic E-state index is -2.44. The average molecular weight is 873 g/mol. The van der Waals surface area contributed by atoms with E-state index in [2.05, 4.69) is 53.4 Å². The number of carbonyl (C=O) groups is 5. The van der Waals surface area contributed by atoms with Crippen LogP contribution >= 0.6 is 0 Å². The number of carbonyl (C=O) groups excluding carboxylic acids is 5. The number of amides is 4. The predicted molar refractivity (Wildman–Crippen MR) is 240 cm³/mol. The number of nitrogens with one attached hydrogen (secondary N) is 1. The molecule has 2 N–H and O–H groups in total. The van der Waals surface area contributed by atoms with E-state index in [-0.39, 0.29) is 70.9 Å². The van der Waals surface area contributed by atoms with Crippen molar-refractivity contribution < 1.29 is 43.0 Å². The zero-order valence-corrected chi connectivity index (χ0v) is 39.2. The molecule has 4 amide bonds. The van der Waals surface area contributed by atoms with Crippen LogP contribution in [0, 0.1) is 18.3 Å². The fraction of sp³-hybridized carbons (Fsp3) is 0.604. The normalized spacial score (nSPS) is 21.4. The van der Waals surface area contributed by atoms with E-state index in [9.17, 15) is 29.1 Å². The fourth-order valence-electron chi connectivity index (χ4n) is 10.3. The summed E-state index contributed by atoms with van der Waals surface area (Å²) in [5.41, 5.74) is 3.64. The highest BCUT2D eigenvalue weighted by molar-refractivity contribution is 6.78. The number of anilines is 1. The van der Waals surface area contributed by atoms with Crippen LogP contribution in [0.1, 0.15) is 121 Å². The van der Waals surface area contributed by atoms with Gasteiger partial charge in [-0.05, 0) is 89.7 Å². The van der Waals surface area contributed by atoms with Crippen LogP contribution in [0.2, 0.25) is 16.6 Å². The number of aliphatic hydroxyl groups is 1. The summed E-state index contributed by atoms with van der Waals surface area (Å²) in [6, 6.07) is 8.68. The summed E-state index contributed by atoms with van der Waals surface area (Å²) in [6.07, 6.45) is 3.22. The Morgan fingerprint density at radius 2 is 1.61 bits per heavy atom. The second-order valence-electron chi connectivity index (χ2n) is 19.1. The Kier molecular flexibility index (Phi) is 14.3. The molecule has 13 nitrogen and oxygen atoms in total. The van der Waals surface area contributed by atoms with Gasteiger partial charge in [0.2, 0.25) is 5.91 Å². The third-order valence-corrected chi connectivity index (χ3v) is 20.1. The summed E-state index contributed by atoms with van der Waals surface area (Å²) >= 11 is 0. The molecule has 1 aliphatic carbocycles. The molecule has 0 bridgehead atoms. The number of ketones is 1. The quantitative estimate of drug-likeness (QED) is 0.125. The van der Waals surface area contributed by atoms with Gasteiger partial charge in [-0.15, -0.1) is 0 Å². The van der Waals surface area contributed by atoms with Crippen molar-refractivity contribution >= 4 is 43.8 Å². The number of aliphatic hydroxyl groups excluding tert-OH is 1. The maximum Gasteiger partial charge on any atom is 0.416 e. The highest BCUT2D eigenvalue weighted by atomic mass is 28.4. The van der Waals surface area contributed by atoms with Gasteiger partial charge in [-0.2, -0.15) is 0 Å². The number of aryl methyl sites for hydroxylation is 1. The molecule has 0 radical (unpaired) electrons. The van der Waals surface area contributed by atoms with Gasteiger partial charge in [-0.3, -0.25) is 19.3 Å². The first-order valence-electron chi connectivity index (χ1n) is 22.6. The van der Waals surface area contributed by atoms with Gasteiger partial charge in [0.25, 0.3) is 14.2 Å². The Hall–Kier alpha value is -4.69. The Labute approximate surface area is 368 Å². The molecular weight excluding hydrogens is 805 g/mol. The number of ether oxygens (including phenoxy) is 2. The molecule has 14 heteroatoms. The molecule has 1 saturated carbocycles. The largest absolute Gasteiger partial charge is 0.542 e. The highest BCUT2D eigenvalue weighted by Crippen LogP contribution is 2.57. The third-order valence-electron chi connectivity index (χ3n) is 14.1. The van der Waals surface area contributed by atoms with E-state index in [0.717, 1.165) is 24.0 Å². The summed E-state index contributed by atoms with van der Waals surface area (Å²) in [6.45, 7) is 23.5. The van der Waals surface area contributed by atoms with Crippen molar-refractivity contribution in [3.05, 3.63) is 71.3 Å². The summed E-state index contributed by atoms with van der Waals surface area (Å²) in [4.78, 5) is 72.9. The summed E-state index contributed by atoms with van der Waals surface area (Å²) in [5, 5.41) is 15.0. The van der Waals surface area contributed by atoms with Crippen LogP contribution in [0.15, 0.2) is 49.1 Å². The lowest BCUT2D eigenvalue weighted by Crippen LogP contribution is -2.53. The van der Waals surface area contributed by atoms with Crippen LogP contribution in [0.5, 0.6) is 5.75 Å². The average Bonchev–Trinajstić information content (AvgIpc) is 3.63. The first kappa shape index (κ1) is 46.8. The van der Waals surface area contributed by atoms with Crippen LogP contribution < -0.4 is 14.6 Å². The molecule has 1 spiro atoms. The number of fused-ring (bicyclic) bond motifs is 2. The summed E-state index contributed by atoms with van der Waals surface area (Å²) in [5.74, 6) is -0.280. The van der Waals surface area contributed by atoms with Crippen molar-refractivity contribution in [1.29, 1.82) is 0 Å². The van der Waals surface area contributed by atoms with Gasteiger partial charge in [0.1, 0.15) is 25.0 Å². The Morgan fingerprint density at radius 3 is 2.21 bits per heavy atom. The van der Waals surface area contributed by atoms with Gasteiger partial charge < -0.3 is 29.2 Å². The maximum absolute atomic E-state index is 14.3. The van der Waals surface area contributed by atoms with Crippen molar-refractivity contribution in [2.24, 2.45) is 11.3 Å². The minimum absolute atomic E-state index is 0.0228. The van der Waals surface area contributed by atoms with E-state index in [0.29, 0.717) is 55.6 Å². The lowest BCUT2D eigenvalue weighted by molar-refractivity contribution is -0.131. The van der Waals surface area contributed by atoms with Crippen LogP contribution in [-0.4, -0.2) is 97.1 Å². The monoisotopic (exact) mass is 872 g/mol. The second kappa shape index (κ2) is 19.0. The molecule has 338 valence electrons. The molecule has 3 fully saturated rings. The van der Waals surface area contributed by atoms with Crippen molar-refractivity contribution in [2.45, 2.75) is 155 Å². The highest BCUT2D eigenvalue weighted by Gasteiger charge is 2.58. The Morgan fingerprint density at radius 1 is 0.968 bits per heavy atom. The van der Waals surface area contributed by atoms with E-state index in [1.165, 1.54) is 15.9 Å². The number of rotatable bonds is 16. The first-order valence-corrected chi connectivity index (χ1v) is 24.8. The zero-order chi connectivity index (χ0) is 45.3. The maximum atomic E-state index is 14.3. The van der Waals surface area contributed by atoms with Crippen LogP contribution in [0.3, 0.4) is 0 Å². The molecular formula is C48H68N4O9Si. The number of hydrogen-bond donors (Lipinski definition) is 2. The Balaban J connectivity index is 1.18. The van der Waals surface area contributed by atoms with Gasteiger partial charge >= 0.3 is 12.2 Å². The number of hydrogen-bond acceptors (Lipinski definition) is 9. The van der Waals surface area contributed by atoms with E-state index < -0.39 is 44.9 Å². The minimum Gasteiger partial charge on any atom is -0.542 e. The third kappa shape index (κ3) is 9.32. The molecule has 2 saturated heterocycles.